The second kappa shape index (κ2) is 9.02. The van der Waals surface area contributed by atoms with Crippen molar-refractivity contribution in [2.24, 2.45) is 5.92 Å². The third-order valence-corrected chi connectivity index (χ3v) is 6.51. The third kappa shape index (κ3) is 4.75. The molecule has 0 aliphatic heterocycles. The van der Waals surface area contributed by atoms with Gasteiger partial charge in [-0.15, -0.1) is 5.92 Å². The first-order valence-corrected chi connectivity index (χ1v) is 10.1. The van der Waals surface area contributed by atoms with Crippen molar-refractivity contribution in [2.75, 3.05) is 13.7 Å². The molecule has 0 radical (unpaired) electrons. The van der Waals surface area contributed by atoms with Crippen LogP contribution in [0.5, 0.6) is 0 Å². The van der Waals surface area contributed by atoms with Crippen LogP contribution in [0.4, 0.5) is 0 Å². The van der Waals surface area contributed by atoms with Crippen LogP contribution >= 0.6 is 0 Å². The van der Waals surface area contributed by atoms with E-state index in [2.05, 4.69) is 16.6 Å². The van der Waals surface area contributed by atoms with Gasteiger partial charge < -0.3 is 4.74 Å². The predicted octanol–water partition coefficient (Wildman–Crippen LogP) is 2.91. The van der Waals surface area contributed by atoms with Crippen LogP contribution in [0.3, 0.4) is 0 Å². The van der Waals surface area contributed by atoms with Crippen LogP contribution in [0.25, 0.3) is 0 Å². The maximum Gasteiger partial charge on any atom is 0.330 e. The molecule has 0 aromatic heterocycles. The molecule has 0 unspecified atom stereocenters. The summed E-state index contributed by atoms with van der Waals surface area (Å²) in [6.45, 7) is 3.75. The van der Waals surface area contributed by atoms with E-state index in [4.69, 9.17) is 0 Å². The number of carbonyl (C=O) groups is 1. The first kappa shape index (κ1) is 20.2. The minimum atomic E-state index is -3.67. The summed E-state index contributed by atoms with van der Waals surface area (Å²) in [4.78, 5) is 11.7. The fourth-order valence-corrected chi connectivity index (χ4v) is 4.81. The van der Waals surface area contributed by atoms with Crippen LogP contribution in [0, 0.1) is 24.7 Å². The number of carbonyl (C=O) groups excluding carboxylic acids is 1. The smallest absolute Gasteiger partial charge is 0.330 e. The number of hydrogen-bond acceptors (Lipinski definition) is 4. The van der Waals surface area contributed by atoms with Gasteiger partial charge in [-0.05, 0) is 44.7 Å². The summed E-state index contributed by atoms with van der Waals surface area (Å²) in [5.74, 6) is 5.20. The molecule has 1 aliphatic rings. The summed E-state index contributed by atoms with van der Waals surface area (Å²) in [7, 11) is -2.35. The lowest BCUT2D eigenvalue weighted by molar-refractivity contribution is -0.134. The highest BCUT2D eigenvalue weighted by molar-refractivity contribution is 7.89. The number of hydrogen-bond donors (Lipinski definition) is 0. The maximum atomic E-state index is 13.2. The molecule has 2 atom stereocenters. The van der Waals surface area contributed by atoms with Crippen molar-refractivity contribution in [1.29, 1.82) is 0 Å². The van der Waals surface area contributed by atoms with Gasteiger partial charge in [0.05, 0.1) is 18.6 Å². The van der Waals surface area contributed by atoms with Crippen LogP contribution in [-0.2, 0) is 19.6 Å². The fourth-order valence-electron chi connectivity index (χ4n) is 3.20. The van der Waals surface area contributed by atoms with E-state index < -0.39 is 16.0 Å². The monoisotopic (exact) mass is 375 g/mol. The Balaban J connectivity index is 2.36. The third-order valence-electron chi connectivity index (χ3n) is 4.62. The first-order chi connectivity index (χ1) is 12.4. The number of methoxy groups -OCH3 is 1. The second-order valence-electron chi connectivity index (χ2n) is 6.33. The molecule has 0 heterocycles. The largest absolute Gasteiger partial charge is 0.466 e. The number of rotatable bonds is 6. The van der Waals surface area contributed by atoms with Gasteiger partial charge in [0.15, 0.2) is 0 Å². The average molecular weight is 375 g/mol. The van der Waals surface area contributed by atoms with E-state index in [9.17, 15) is 13.2 Å². The molecule has 0 bridgehead atoms. The molecule has 26 heavy (non-hydrogen) atoms. The highest BCUT2D eigenvalue weighted by Crippen LogP contribution is 2.34. The van der Waals surface area contributed by atoms with Gasteiger partial charge >= 0.3 is 5.97 Å². The minimum Gasteiger partial charge on any atom is -0.466 e. The van der Waals surface area contributed by atoms with Gasteiger partial charge in [0, 0.05) is 12.1 Å². The van der Waals surface area contributed by atoms with Crippen molar-refractivity contribution >= 4 is 16.0 Å². The number of esters is 1. The lowest BCUT2D eigenvalue weighted by Gasteiger charge is -2.29. The van der Waals surface area contributed by atoms with E-state index in [0.717, 1.165) is 24.8 Å². The molecular weight excluding hydrogens is 350 g/mol. The molecule has 0 spiro atoms. The molecule has 140 valence electrons. The van der Waals surface area contributed by atoms with Crippen molar-refractivity contribution < 1.29 is 17.9 Å². The van der Waals surface area contributed by atoms with Crippen LogP contribution in [0.15, 0.2) is 41.3 Å². The van der Waals surface area contributed by atoms with Crippen LogP contribution < -0.4 is 0 Å². The molecule has 1 aromatic rings. The van der Waals surface area contributed by atoms with Gasteiger partial charge in [0.25, 0.3) is 0 Å². The number of aryl methyl sites for hydroxylation is 1. The molecule has 0 N–H and O–H groups in total. The quantitative estimate of drug-likeness (QED) is 0.436. The van der Waals surface area contributed by atoms with Crippen LogP contribution in [0.2, 0.25) is 0 Å². The molecule has 1 aromatic carbocycles. The molecule has 1 fully saturated rings. The summed E-state index contributed by atoms with van der Waals surface area (Å²) < 4.78 is 32.6. The summed E-state index contributed by atoms with van der Waals surface area (Å²) in [5.41, 5.74) is 1.00. The van der Waals surface area contributed by atoms with Gasteiger partial charge in [-0.1, -0.05) is 36.1 Å². The SMILES string of the molecule is CC#CCN([C@@H]1CCC[C@@H]1/C=C/C(=O)OC)S(=O)(=O)c1ccc(C)cc1. The maximum absolute atomic E-state index is 13.2. The molecule has 1 aliphatic carbocycles. The van der Waals surface area contributed by atoms with Gasteiger partial charge in [-0.25, -0.2) is 13.2 Å². The van der Waals surface area contributed by atoms with Gasteiger partial charge in [0.2, 0.25) is 10.0 Å². The van der Waals surface area contributed by atoms with E-state index in [1.807, 2.05) is 6.92 Å². The minimum absolute atomic E-state index is 0.0343. The Morgan fingerprint density at radius 1 is 1.31 bits per heavy atom. The summed E-state index contributed by atoms with van der Waals surface area (Å²) in [6, 6.07) is 6.62. The number of benzene rings is 1. The van der Waals surface area contributed by atoms with E-state index in [0.29, 0.717) is 0 Å². The first-order valence-electron chi connectivity index (χ1n) is 8.64. The Morgan fingerprint density at radius 3 is 2.62 bits per heavy atom. The Morgan fingerprint density at radius 2 is 2.00 bits per heavy atom. The molecular formula is C20H25NO4S. The molecule has 0 saturated heterocycles. The lowest BCUT2D eigenvalue weighted by atomic mass is 10.0. The van der Waals surface area contributed by atoms with Crippen LogP contribution in [0.1, 0.15) is 31.7 Å². The Labute approximate surface area is 156 Å². The molecule has 6 heteroatoms. The Bertz CT molecular complexity index is 816. The summed E-state index contributed by atoms with van der Waals surface area (Å²) in [5, 5.41) is 0. The van der Waals surface area contributed by atoms with Crippen molar-refractivity contribution in [2.45, 2.75) is 44.0 Å². The molecule has 2 rings (SSSR count). The van der Waals surface area contributed by atoms with Crippen LogP contribution in [-0.4, -0.2) is 38.4 Å². The average Bonchev–Trinajstić information content (AvgIpc) is 3.08. The predicted molar refractivity (Wildman–Crippen MR) is 101 cm³/mol. The van der Waals surface area contributed by atoms with Crippen molar-refractivity contribution in [3.05, 3.63) is 42.0 Å². The van der Waals surface area contributed by atoms with E-state index >= 15 is 0 Å². The zero-order valence-corrected chi connectivity index (χ0v) is 16.3. The fraction of sp³-hybridized carbons (Fsp3) is 0.450. The summed E-state index contributed by atoms with van der Waals surface area (Å²) in [6.07, 6.45) is 5.62. The van der Waals surface area contributed by atoms with Crippen molar-refractivity contribution in [1.82, 2.24) is 4.31 Å². The normalized spacial score (nSPS) is 20.2. The highest BCUT2D eigenvalue weighted by atomic mass is 32.2. The molecule has 5 nitrogen and oxygen atoms in total. The Hall–Kier alpha value is -2.10. The molecule has 1 saturated carbocycles. The number of nitrogens with zero attached hydrogens (tertiary/aromatic N) is 1. The van der Waals surface area contributed by atoms with E-state index in [-0.39, 0.29) is 23.4 Å². The summed E-state index contributed by atoms with van der Waals surface area (Å²) >= 11 is 0. The highest BCUT2D eigenvalue weighted by Gasteiger charge is 2.37. The topological polar surface area (TPSA) is 63.7 Å². The standard InChI is InChI=1S/C20H25NO4S/c1-4-5-15-21(26(23,24)18-12-9-16(2)10-13-18)19-8-6-7-17(19)11-14-20(22)25-3/h9-14,17,19H,6-8,15H2,1-3H3/b14-11+/t17-,19-/m1/s1. The Kier molecular flexibility index (Phi) is 7.01. The lowest BCUT2D eigenvalue weighted by Crippen LogP contribution is -2.42. The second-order valence-corrected chi connectivity index (χ2v) is 8.23. The van der Waals surface area contributed by atoms with E-state index in [1.54, 1.807) is 37.3 Å². The number of ether oxygens (including phenoxy) is 1. The van der Waals surface area contributed by atoms with Gasteiger partial charge in [-0.3, -0.25) is 0 Å². The number of sulfonamides is 1. The van der Waals surface area contributed by atoms with Crippen molar-refractivity contribution in [3.63, 3.8) is 0 Å². The molecule has 0 amide bonds. The zero-order valence-electron chi connectivity index (χ0n) is 15.4. The van der Waals surface area contributed by atoms with Gasteiger partial charge in [-0.2, -0.15) is 4.31 Å². The van der Waals surface area contributed by atoms with Crippen molar-refractivity contribution in [3.8, 4) is 11.8 Å². The zero-order chi connectivity index (χ0) is 19.2. The van der Waals surface area contributed by atoms with E-state index in [1.165, 1.54) is 17.5 Å². The van der Waals surface area contributed by atoms with Gasteiger partial charge in [0.1, 0.15) is 0 Å².